The second-order valence-corrected chi connectivity index (χ2v) is 6.67. The van der Waals surface area contributed by atoms with Crippen LogP contribution in [0.2, 0.25) is 0 Å². The van der Waals surface area contributed by atoms with E-state index in [1.807, 2.05) is 37.3 Å². The summed E-state index contributed by atoms with van der Waals surface area (Å²) in [5, 5.41) is 2.75. The van der Waals surface area contributed by atoms with Gasteiger partial charge in [0.1, 0.15) is 17.3 Å². The Labute approximate surface area is 175 Å². The van der Waals surface area contributed by atoms with Gasteiger partial charge in [0.05, 0.1) is 6.54 Å². The van der Waals surface area contributed by atoms with E-state index in [1.165, 1.54) is 17.0 Å². The molecule has 1 N–H and O–H groups in total. The van der Waals surface area contributed by atoms with Gasteiger partial charge in [0.15, 0.2) is 0 Å². The molecule has 2 amide bonds. The molecule has 6 heteroatoms. The largest absolute Gasteiger partial charge is 0.457 e. The molecular weight excluding hydrogens is 383 g/mol. The summed E-state index contributed by atoms with van der Waals surface area (Å²) in [6, 6.07) is 22.1. The first-order chi connectivity index (χ1) is 14.5. The summed E-state index contributed by atoms with van der Waals surface area (Å²) in [5.41, 5.74) is 1.22. The molecule has 3 aromatic carbocycles. The van der Waals surface area contributed by atoms with E-state index in [4.69, 9.17) is 4.74 Å². The molecule has 0 unspecified atom stereocenters. The number of likely N-dealkylation sites (N-methyl/N-ethyl adjacent to an activating group) is 1. The summed E-state index contributed by atoms with van der Waals surface area (Å²) in [6.07, 6.45) is 0. The van der Waals surface area contributed by atoms with Gasteiger partial charge in [0.25, 0.3) is 5.91 Å². The molecule has 0 aliphatic rings. The quantitative estimate of drug-likeness (QED) is 0.603. The van der Waals surface area contributed by atoms with Gasteiger partial charge in [-0.2, -0.15) is 0 Å². The van der Waals surface area contributed by atoms with Gasteiger partial charge in [-0.05, 0) is 55.0 Å². The topological polar surface area (TPSA) is 58.6 Å². The van der Waals surface area contributed by atoms with Crippen LogP contribution in [0.1, 0.15) is 22.8 Å². The van der Waals surface area contributed by atoms with Crippen LogP contribution in [0.25, 0.3) is 0 Å². The van der Waals surface area contributed by atoms with Crippen molar-refractivity contribution >= 4 is 11.8 Å². The maximum atomic E-state index is 13.0. The number of benzene rings is 3. The predicted octanol–water partition coefficient (Wildman–Crippen LogP) is 4.40. The zero-order valence-corrected chi connectivity index (χ0v) is 16.7. The zero-order chi connectivity index (χ0) is 21.3. The molecule has 0 atom stereocenters. The monoisotopic (exact) mass is 406 g/mol. The first-order valence-electron chi connectivity index (χ1n) is 9.68. The smallest absolute Gasteiger partial charge is 0.254 e. The molecule has 30 heavy (non-hydrogen) atoms. The molecule has 0 bridgehead atoms. The van der Waals surface area contributed by atoms with Crippen LogP contribution >= 0.6 is 0 Å². The van der Waals surface area contributed by atoms with Crippen LogP contribution in [0.5, 0.6) is 11.5 Å². The highest BCUT2D eigenvalue weighted by atomic mass is 19.1. The molecular formula is C24H23FN2O3. The number of carbonyl (C=O) groups excluding carboxylic acids is 2. The van der Waals surface area contributed by atoms with Crippen LogP contribution in [0.15, 0.2) is 78.9 Å². The van der Waals surface area contributed by atoms with Gasteiger partial charge in [-0.1, -0.05) is 36.4 Å². The fourth-order valence-corrected chi connectivity index (χ4v) is 2.86. The van der Waals surface area contributed by atoms with Crippen molar-refractivity contribution in [3.8, 4) is 11.5 Å². The van der Waals surface area contributed by atoms with E-state index in [1.54, 1.807) is 36.4 Å². The molecule has 154 valence electrons. The average molecular weight is 406 g/mol. The van der Waals surface area contributed by atoms with Crippen LogP contribution in [0, 0.1) is 5.82 Å². The van der Waals surface area contributed by atoms with Crippen molar-refractivity contribution in [1.29, 1.82) is 0 Å². The highest BCUT2D eigenvalue weighted by Crippen LogP contribution is 2.22. The van der Waals surface area contributed by atoms with Gasteiger partial charge in [-0.25, -0.2) is 4.39 Å². The minimum atomic E-state index is -0.327. The SMILES string of the molecule is CCN(CC(=O)NCc1ccc(F)cc1)C(=O)c1cccc(Oc2ccccc2)c1. The lowest BCUT2D eigenvalue weighted by Crippen LogP contribution is -2.40. The van der Waals surface area contributed by atoms with E-state index >= 15 is 0 Å². The number of hydrogen-bond acceptors (Lipinski definition) is 3. The van der Waals surface area contributed by atoms with Crippen LogP contribution < -0.4 is 10.1 Å². The number of amides is 2. The summed E-state index contributed by atoms with van der Waals surface area (Å²) in [7, 11) is 0. The third-order valence-electron chi connectivity index (χ3n) is 4.47. The second-order valence-electron chi connectivity index (χ2n) is 6.67. The number of halogens is 1. The predicted molar refractivity (Wildman–Crippen MR) is 113 cm³/mol. The fraction of sp³-hybridized carbons (Fsp3) is 0.167. The summed E-state index contributed by atoms with van der Waals surface area (Å²) in [6.45, 7) is 2.40. The Hall–Kier alpha value is -3.67. The van der Waals surface area contributed by atoms with E-state index in [9.17, 15) is 14.0 Å². The molecule has 0 saturated carbocycles. The Morgan fingerprint density at radius 3 is 2.33 bits per heavy atom. The van der Waals surface area contributed by atoms with Crippen molar-refractivity contribution in [2.24, 2.45) is 0 Å². The molecule has 0 fully saturated rings. The Morgan fingerprint density at radius 1 is 0.933 bits per heavy atom. The van der Waals surface area contributed by atoms with Crippen molar-refractivity contribution in [1.82, 2.24) is 10.2 Å². The Kier molecular flexibility index (Phi) is 7.16. The lowest BCUT2D eigenvalue weighted by Gasteiger charge is -2.21. The number of hydrogen-bond donors (Lipinski definition) is 1. The van der Waals surface area contributed by atoms with E-state index < -0.39 is 0 Å². The minimum Gasteiger partial charge on any atom is -0.457 e. The zero-order valence-electron chi connectivity index (χ0n) is 16.7. The maximum absolute atomic E-state index is 13.0. The summed E-state index contributed by atoms with van der Waals surface area (Å²) >= 11 is 0. The van der Waals surface area contributed by atoms with Crippen molar-refractivity contribution < 1.29 is 18.7 Å². The molecule has 3 aromatic rings. The van der Waals surface area contributed by atoms with Gasteiger partial charge in [-0.3, -0.25) is 9.59 Å². The number of ether oxygens (including phenoxy) is 1. The number of para-hydroxylation sites is 1. The van der Waals surface area contributed by atoms with Gasteiger partial charge in [-0.15, -0.1) is 0 Å². The first kappa shape index (κ1) is 21.0. The van der Waals surface area contributed by atoms with E-state index in [0.717, 1.165) is 5.56 Å². The van der Waals surface area contributed by atoms with Crippen molar-refractivity contribution in [3.05, 3.63) is 95.8 Å². The number of nitrogens with one attached hydrogen (secondary N) is 1. The van der Waals surface area contributed by atoms with Crippen LogP contribution in [-0.4, -0.2) is 29.8 Å². The summed E-state index contributed by atoms with van der Waals surface area (Å²) in [4.78, 5) is 26.6. The van der Waals surface area contributed by atoms with Gasteiger partial charge in [0, 0.05) is 18.7 Å². The van der Waals surface area contributed by atoms with Gasteiger partial charge < -0.3 is 15.0 Å². The number of rotatable bonds is 8. The average Bonchev–Trinajstić information content (AvgIpc) is 2.77. The van der Waals surface area contributed by atoms with Crippen molar-refractivity contribution in [2.75, 3.05) is 13.1 Å². The highest BCUT2D eigenvalue weighted by Gasteiger charge is 2.18. The molecule has 3 rings (SSSR count). The van der Waals surface area contributed by atoms with Crippen LogP contribution in [0.4, 0.5) is 4.39 Å². The fourth-order valence-electron chi connectivity index (χ4n) is 2.86. The number of carbonyl (C=O) groups is 2. The summed E-state index contributed by atoms with van der Waals surface area (Å²) in [5.74, 6) is 0.351. The lowest BCUT2D eigenvalue weighted by molar-refractivity contribution is -0.121. The molecule has 0 spiro atoms. The Balaban J connectivity index is 1.60. The van der Waals surface area contributed by atoms with Crippen LogP contribution in [-0.2, 0) is 11.3 Å². The molecule has 0 radical (unpaired) electrons. The van der Waals surface area contributed by atoms with E-state index in [2.05, 4.69) is 5.32 Å². The van der Waals surface area contributed by atoms with Crippen molar-refractivity contribution in [2.45, 2.75) is 13.5 Å². The Bertz CT molecular complexity index is 991. The molecule has 5 nitrogen and oxygen atoms in total. The molecule has 0 saturated heterocycles. The molecule has 0 heterocycles. The van der Waals surface area contributed by atoms with Crippen molar-refractivity contribution in [3.63, 3.8) is 0 Å². The minimum absolute atomic E-state index is 0.0691. The van der Waals surface area contributed by atoms with E-state index in [-0.39, 0.29) is 30.7 Å². The number of nitrogens with zero attached hydrogens (tertiary/aromatic N) is 1. The molecule has 0 aromatic heterocycles. The second kappa shape index (κ2) is 10.2. The highest BCUT2D eigenvalue weighted by molar-refractivity contribution is 5.96. The standard InChI is InChI=1S/C24H23FN2O3/c1-2-27(17-23(28)26-16-18-11-13-20(25)14-12-18)24(29)19-7-6-10-22(15-19)30-21-8-4-3-5-9-21/h3-15H,2,16-17H2,1H3,(H,26,28). The van der Waals surface area contributed by atoms with Gasteiger partial charge in [0.2, 0.25) is 5.91 Å². The lowest BCUT2D eigenvalue weighted by atomic mass is 10.2. The third-order valence-corrected chi connectivity index (χ3v) is 4.47. The normalized spacial score (nSPS) is 10.3. The maximum Gasteiger partial charge on any atom is 0.254 e. The molecule has 0 aliphatic carbocycles. The summed E-state index contributed by atoms with van der Waals surface area (Å²) < 4.78 is 18.7. The van der Waals surface area contributed by atoms with Crippen LogP contribution in [0.3, 0.4) is 0 Å². The van der Waals surface area contributed by atoms with E-state index in [0.29, 0.717) is 23.6 Å². The first-order valence-corrected chi connectivity index (χ1v) is 9.68. The third kappa shape index (κ3) is 5.91. The van der Waals surface area contributed by atoms with Gasteiger partial charge >= 0.3 is 0 Å². The molecule has 0 aliphatic heterocycles. The Morgan fingerprint density at radius 2 is 1.63 bits per heavy atom.